The third kappa shape index (κ3) is 3.27. The monoisotopic (exact) mass is 286 g/mol. The molecule has 1 unspecified atom stereocenters. The molecule has 20 heavy (non-hydrogen) atoms. The third-order valence-electron chi connectivity index (χ3n) is 3.39. The number of carbonyl (C=O) groups excluding carboxylic acids is 2. The van der Waals surface area contributed by atoms with Gasteiger partial charge in [-0.25, -0.2) is 0 Å². The Morgan fingerprint density at radius 3 is 2.35 bits per heavy atom. The Hall–Kier alpha value is -1.63. The van der Waals surface area contributed by atoms with Crippen molar-refractivity contribution in [1.29, 1.82) is 0 Å². The van der Waals surface area contributed by atoms with Crippen LogP contribution in [0.2, 0.25) is 0 Å². The van der Waals surface area contributed by atoms with E-state index in [1.165, 1.54) is 14.2 Å². The molecule has 1 atom stereocenters. The van der Waals surface area contributed by atoms with E-state index in [9.17, 15) is 9.59 Å². The molecule has 0 spiro atoms. The van der Waals surface area contributed by atoms with Crippen molar-refractivity contribution in [2.75, 3.05) is 27.4 Å². The van der Waals surface area contributed by atoms with Crippen molar-refractivity contribution in [3.05, 3.63) is 0 Å². The number of hydrazone groups is 1. The van der Waals surface area contributed by atoms with Gasteiger partial charge in [0.05, 0.1) is 20.3 Å². The Balaban J connectivity index is 3.05. The molecule has 7 heteroatoms. The first-order valence-corrected chi connectivity index (χ1v) is 6.47. The molecule has 0 aromatic rings. The van der Waals surface area contributed by atoms with Gasteiger partial charge in [-0.05, 0) is 6.42 Å². The van der Waals surface area contributed by atoms with E-state index >= 15 is 0 Å². The highest BCUT2D eigenvalue weighted by atomic mass is 16.5. The van der Waals surface area contributed by atoms with Gasteiger partial charge in [0.15, 0.2) is 5.92 Å². The second-order valence-electron chi connectivity index (χ2n) is 5.27. The average molecular weight is 286 g/mol. The normalized spacial score (nSPS) is 20.3. The van der Waals surface area contributed by atoms with E-state index in [2.05, 4.69) is 5.10 Å². The minimum atomic E-state index is -1.07. The molecule has 0 amide bonds. The molecule has 1 aliphatic heterocycles. The molecule has 7 nitrogen and oxygen atoms in total. The highest BCUT2D eigenvalue weighted by Crippen LogP contribution is 2.35. The molecule has 0 aliphatic carbocycles. The number of rotatable bonds is 6. The first kappa shape index (κ1) is 16.4. The minimum Gasteiger partial charge on any atom is -0.468 e. The fourth-order valence-electron chi connectivity index (χ4n) is 2.39. The summed E-state index contributed by atoms with van der Waals surface area (Å²) in [5.74, 6) is -2.36. The van der Waals surface area contributed by atoms with Crippen LogP contribution in [0.5, 0.6) is 0 Å². The van der Waals surface area contributed by atoms with Gasteiger partial charge < -0.3 is 14.6 Å². The van der Waals surface area contributed by atoms with Gasteiger partial charge in [0.25, 0.3) is 0 Å². The lowest BCUT2D eigenvalue weighted by Crippen LogP contribution is -2.50. The number of esters is 2. The molecule has 0 saturated heterocycles. The predicted octanol–water partition coefficient (Wildman–Crippen LogP) is 0.0272. The van der Waals surface area contributed by atoms with Crippen molar-refractivity contribution in [3.8, 4) is 0 Å². The topological polar surface area (TPSA) is 88.4 Å². The van der Waals surface area contributed by atoms with Crippen LogP contribution in [0.1, 0.15) is 20.3 Å². The number of aliphatic hydroxyl groups excluding tert-OH is 1. The lowest BCUT2D eigenvalue weighted by molar-refractivity contribution is -0.163. The molecule has 0 saturated carbocycles. The van der Waals surface area contributed by atoms with Gasteiger partial charge in [0, 0.05) is 24.8 Å². The maximum absolute atomic E-state index is 12.0. The minimum absolute atomic E-state index is 0.0142. The van der Waals surface area contributed by atoms with Crippen LogP contribution in [-0.4, -0.2) is 61.7 Å². The van der Waals surface area contributed by atoms with Crippen molar-refractivity contribution in [1.82, 2.24) is 5.01 Å². The molecule has 0 fully saturated rings. The van der Waals surface area contributed by atoms with Gasteiger partial charge in [0.1, 0.15) is 0 Å². The van der Waals surface area contributed by atoms with Gasteiger partial charge in [0.2, 0.25) is 0 Å². The summed E-state index contributed by atoms with van der Waals surface area (Å²) in [5.41, 5.74) is -0.484. The molecular formula is C13H22N2O5. The largest absolute Gasteiger partial charge is 0.468 e. The maximum atomic E-state index is 12.0. The smallest absolute Gasteiger partial charge is 0.322 e. The van der Waals surface area contributed by atoms with E-state index in [0.29, 0.717) is 13.0 Å². The fraction of sp³-hybridized carbons (Fsp3) is 0.769. The number of methoxy groups -OCH3 is 2. The van der Waals surface area contributed by atoms with Crippen LogP contribution >= 0.6 is 0 Å². The van der Waals surface area contributed by atoms with Crippen molar-refractivity contribution >= 4 is 18.2 Å². The zero-order valence-corrected chi connectivity index (χ0v) is 12.3. The van der Waals surface area contributed by atoms with Crippen LogP contribution in [0.25, 0.3) is 0 Å². The number of aliphatic hydroxyl groups is 1. The molecule has 1 aliphatic rings. The fourth-order valence-corrected chi connectivity index (χ4v) is 2.39. The van der Waals surface area contributed by atoms with E-state index in [4.69, 9.17) is 14.6 Å². The summed E-state index contributed by atoms with van der Waals surface area (Å²) in [6, 6.07) is -0.492. The molecule has 0 radical (unpaired) electrons. The van der Waals surface area contributed by atoms with Gasteiger partial charge >= 0.3 is 11.9 Å². The molecule has 1 heterocycles. The Bertz CT molecular complexity index is 378. The molecule has 114 valence electrons. The number of hydrogen-bond donors (Lipinski definition) is 1. The summed E-state index contributed by atoms with van der Waals surface area (Å²) in [4.78, 5) is 23.9. The molecule has 1 rings (SSSR count). The zero-order chi connectivity index (χ0) is 15.3. The van der Waals surface area contributed by atoms with Crippen LogP contribution in [0.4, 0.5) is 0 Å². The Labute approximate surface area is 118 Å². The lowest BCUT2D eigenvalue weighted by atomic mass is 9.78. The SMILES string of the molecule is COC(=O)C(C(=O)OC)C1N(CCCO)N=CC1(C)C. The maximum Gasteiger partial charge on any atom is 0.322 e. The summed E-state index contributed by atoms with van der Waals surface area (Å²) in [6.07, 6.45) is 2.20. The molecular weight excluding hydrogens is 264 g/mol. The van der Waals surface area contributed by atoms with E-state index < -0.39 is 29.3 Å². The summed E-state index contributed by atoms with van der Waals surface area (Å²) in [7, 11) is 2.47. The van der Waals surface area contributed by atoms with Crippen molar-refractivity contribution in [3.63, 3.8) is 0 Å². The van der Waals surface area contributed by atoms with E-state index in [1.54, 1.807) is 11.2 Å². The van der Waals surface area contributed by atoms with Crippen LogP contribution in [0.15, 0.2) is 5.10 Å². The van der Waals surface area contributed by atoms with E-state index in [0.717, 1.165) is 0 Å². The van der Waals surface area contributed by atoms with Crippen molar-refractivity contribution in [2.45, 2.75) is 26.3 Å². The van der Waals surface area contributed by atoms with Gasteiger partial charge in [-0.3, -0.25) is 14.6 Å². The van der Waals surface area contributed by atoms with Crippen LogP contribution < -0.4 is 0 Å². The molecule has 0 aromatic carbocycles. The molecule has 0 aromatic heterocycles. The standard InChI is InChI=1S/C13H22N2O5/c1-13(2)8-14-15(6-5-7-16)10(13)9(11(17)19-3)12(18)20-4/h8-10,16H,5-7H2,1-4H3. The van der Waals surface area contributed by atoms with Crippen LogP contribution in [0, 0.1) is 11.3 Å². The highest BCUT2D eigenvalue weighted by Gasteiger charge is 2.50. The molecule has 0 bridgehead atoms. The highest BCUT2D eigenvalue weighted by molar-refractivity contribution is 5.96. The number of ether oxygens (including phenoxy) is 2. The van der Waals surface area contributed by atoms with E-state index in [1.807, 2.05) is 13.8 Å². The van der Waals surface area contributed by atoms with E-state index in [-0.39, 0.29) is 6.61 Å². The summed E-state index contributed by atoms with van der Waals surface area (Å²) < 4.78 is 9.44. The zero-order valence-electron chi connectivity index (χ0n) is 12.3. The second-order valence-corrected chi connectivity index (χ2v) is 5.27. The first-order valence-electron chi connectivity index (χ1n) is 6.47. The Kier molecular flexibility index (Phi) is 5.50. The van der Waals surface area contributed by atoms with Gasteiger partial charge in [-0.15, -0.1) is 0 Å². The van der Waals surface area contributed by atoms with Gasteiger partial charge in [-0.1, -0.05) is 13.8 Å². The predicted molar refractivity (Wildman–Crippen MR) is 72.0 cm³/mol. The summed E-state index contributed by atoms with van der Waals surface area (Å²) in [6.45, 7) is 4.24. The second kappa shape index (κ2) is 6.69. The lowest BCUT2D eigenvalue weighted by Gasteiger charge is -2.35. The number of carbonyl (C=O) groups is 2. The third-order valence-corrected chi connectivity index (χ3v) is 3.39. The Morgan fingerprint density at radius 2 is 1.90 bits per heavy atom. The Morgan fingerprint density at radius 1 is 1.35 bits per heavy atom. The summed E-state index contributed by atoms with van der Waals surface area (Å²) in [5, 5.41) is 14.8. The number of nitrogens with zero attached hydrogens (tertiary/aromatic N) is 2. The van der Waals surface area contributed by atoms with Crippen LogP contribution in [-0.2, 0) is 19.1 Å². The quantitative estimate of drug-likeness (QED) is 0.547. The van der Waals surface area contributed by atoms with Crippen molar-refractivity contribution < 1.29 is 24.2 Å². The first-order chi connectivity index (χ1) is 9.38. The average Bonchev–Trinajstić information content (AvgIpc) is 2.72. The summed E-state index contributed by atoms with van der Waals surface area (Å²) >= 11 is 0. The number of hydrogen-bond acceptors (Lipinski definition) is 7. The molecule has 1 N–H and O–H groups in total. The van der Waals surface area contributed by atoms with Crippen molar-refractivity contribution in [2.24, 2.45) is 16.4 Å². The van der Waals surface area contributed by atoms with Gasteiger partial charge in [-0.2, -0.15) is 5.10 Å². The van der Waals surface area contributed by atoms with Crippen LogP contribution in [0.3, 0.4) is 0 Å².